The Bertz CT molecular complexity index is 321. The molecule has 4 heteroatoms. The topological polar surface area (TPSA) is 0 Å². The van der Waals surface area contributed by atoms with Gasteiger partial charge in [0.1, 0.15) is 12.3 Å². The largest absolute Gasteiger partial charge is 0.251 e. The lowest BCUT2D eigenvalue weighted by Gasteiger charge is -2.33. The Labute approximate surface area is 125 Å². The van der Waals surface area contributed by atoms with Gasteiger partial charge in [-0.25, -0.2) is 17.6 Å². The smallest absolute Gasteiger partial charge is 0.245 e. The van der Waals surface area contributed by atoms with Crippen LogP contribution in [0.1, 0.15) is 65.2 Å². The summed E-state index contributed by atoms with van der Waals surface area (Å²) in [7, 11) is 0. The molecule has 0 bridgehead atoms. The van der Waals surface area contributed by atoms with Crippen molar-refractivity contribution in [1.82, 2.24) is 0 Å². The second kappa shape index (κ2) is 6.87. The molecule has 0 heterocycles. The molecule has 2 fully saturated rings. The molecule has 0 aliphatic heterocycles. The van der Waals surface area contributed by atoms with Crippen molar-refractivity contribution in [1.29, 1.82) is 0 Å². The van der Waals surface area contributed by atoms with Crippen LogP contribution in [0.25, 0.3) is 0 Å². The van der Waals surface area contributed by atoms with Crippen LogP contribution >= 0.6 is 0 Å². The molecule has 2 aliphatic carbocycles. The van der Waals surface area contributed by atoms with E-state index in [9.17, 15) is 17.6 Å². The third-order valence-electron chi connectivity index (χ3n) is 5.67. The van der Waals surface area contributed by atoms with Crippen molar-refractivity contribution in [3.8, 4) is 0 Å². The van der Waals surface area contributed by atoms with E-state index in [1.165, 1.54) is 6.92 Å². The van der Waals surface area contributed by atoms with Gasteiger partial charge in [0, 0.05) is 12.3 Å². The molecule has 0 spiro atoms. The average Bonchev–Trinajstić information content (AvgIpc) is 2.72. The van der Waals surface area contributed by atoms with E-state index in [1.807, 2.05) is 0 Å². The van der Waals surface area contributed by atoms with Gasteiger partial charge in [-0.05, 0) is 56.8 Å². The summed E-state index contributed by atoms with van der Waals surface area (Å²) in [4.78, 5) is 0. The molecule has 0 aromatic heterocycles. The van der Waals surface area contributed by atoms with Gasteiger partial charge in [-0.3, -0.25) is 0 Å². The highest BCUT2D eigenvalue weighted by atomic mass is 19.3. The minimum Gasteiger partial charge on any atom is -0.245 e. The molecule has 2 aliphatic rings. The van der Waals surface area contributed by atoms with E-state index < -0.39 is 24.2 Å². The summed E-state index contributed by atoms with van der Waals surface area (Å²) >= 11 is 0. The van der Waals surface area contributed by atoms with Crippen LogP contribution in [-0.2, 0) is 0 Å². The zero-order valence-corrected chi connectivity index (χ0v) is 13.1. The number of halogens is 4. The normalized spacial score (nSPS) is 39.1. The quantitative estimate of drug-likeness (QED) is 0.550. The molecule has 124 valence electrons. The number of rotatable bonds is 5. The summed E-state index contributed by atoms with van der Waals surface area (Å²) in [5.41, 5.74) is 0. The standard InChI is InChI=1S/C17H28F4/c1-11-3-6-14(7-4-11)15-9-13(10-17(15,20)21)5-8-16(19)12(2)18/h11-16H,3-10H2,1-2H3. The summed E-state index contributed by atoms with van der Waals surface area (Å²) in [6.07, 6.45) is 1.74. The van der Waals surface area contributed by atoms with E-state index in [0.717, 1.165) is 25.7 Å². The monoisotopic (exact) mass is 308 g/mol. The van der Waals surface area contributed by atoms with Gasteiger partial charge in [0.25, 0.3) is 5.92 Å². The SMILES string of the molecule is CC1CCC(C2CC(CCC(F)C(C)F)CC2(F)F)CC1. The molecule has 2 saturated carbocycles. The molecule has 4 unspecified atom stereocenters. The molecular weight excluding hydrogens is 280 g/mol. The van der Waals surface area contributed by atoms with Gasteiger partial charge in [-0.1, -0.05) is 19.8 Å². The molecule has 4 atom stereocenters. The molecule has 21 heavy (non-hydrogen) atoms. The van der Waals surface area contributed by atoms with Crippen LogP contribution in [0, 0.1) is 23.7 Å². The summed E-state index contributed by atoms with van der Waals surface area (Å²) in [5.74, 6) is -2.49. The lowest BCUT2D eigenvalue weighted by Crippen LogP contribution is -2.31. The zero-order chi connectivity index (χ0) is 15.6. The number of hydrogen-bond acceptors (Lipinski definition) is 0. The lowest BCUT2D eigenvalue weighted by atomic mass is 9.74. The second-order valence-electron chi connectivity index (χ2n) is 7.46. The van der Waals surface area contributed by atoms with Crippen molar-refractivity contribution in [2.24, 2.45) is 23.7 Å². The minimum absolute atomic E-state index is 0.0762. The Kier molecular flexibility index (Phi) is 5.59. The Morgan fingerprint density at radius 1 is 1.10 bits per heavy atom. The highest BCUT2D eigenvalue weighted by Crippen LogP contribution is 2.52. The van der Waals surface area contributed by atoms with E-state index in [0.29, 0.717) is 18.8 Å². The minimum atomic E-state index is -2.61. The molecule has 0 N–H and O–H groups in total. The highest BCUT2D eigenvalue weighted by Gasteiger charge is 2.51. The second-order valence-corrected chi connectivity index (χ2v) is 7.46. The predicted octanol–water partition coefficient (Wildman–Crippen LogP) is 5.95. The summed E-state index contributed by atoms with van der Waals surface area (Å²) < 4.78 is 54.6. The first kappa shape index (κ1) is 17.1. The predicted molar refractivity (Wildman–Crippen MR) is 77.0 cm³/mol. The molecule has 0 aromatic rings. The maximum absolute atomic E-state index is 14.3. The van der Waals surface area contributed by atoms with Crippen molar-refractivity contribution < 1.29 is 17.6 Å². The van der Waals surface area contributed by atoms with E-state index in [-0.39, 0.29) is 24.7 Å². The van der Waals surface area contributed by atoms with Crippen LogP contribution < -0.4 is 0 Å². The van der Waals surface area contributed by atoms with Gasteiger partial charge in [0.15, 0.2) is 0 Å². The Hall–Kier alpha value is -0.280. The summed E-state index contributed by atoms with van der Waals surface area (Å²) in [6.45, 7) is 3.38. The third kappa shape index (κ3) is 4.35. The number of hydrogen-bond donors (Lipinski definition) is 0. The fraction of sp³-hybridized carbons (Fsp3) is 1.00. The highest BCUT2D eigenvalue weighted by molar-refractivity contribution is 4.94. The summed E-state index contributed by atoms with van der Waals surface area (Å²) in [5, 5.41) is 0. The summed E-state index contributed by atoms with van der Waals surface area (Å²) in [6, 6.07) is 0. The molecule has 0 aromatic carbocycles. The first-order valence-electron chi connectivity index (χ1n) is 8.45. The van der Waals surface area contributed by atoms with Crippen molar-refractivity contribution in [3.05, 3.63) is 0 Å². The van der Waals surface area contributed by atoms with Gasteiger partial charge in [0.05, 0.1) is 0 Å². The molecular formula is C17H28F4. The fourth-order valence-corrected chi connectivity index (χ4v) is 4.22. The maximum Gasteiger partial charge on any atom is 0.251 e. The Morgan fingerprint density at radius 3 is 2.29 bits per heavy atom. The van der Waals surface area contributed by atoms with Crippen LogP contribution in [0.5, 0.6) is 0 Å². The van der Waals surface area contributed by atoms with E-state index in [2.05, 4.69) is 6.92 Å². The number of alkyl halides is 4. The Balaban J connectivity index is 1.86. The van der Waals surface area contributed by atoms with Gasteiger partial charge < -0.3 is 0 Å². The van der Waals surface area contributed by atoms with Gasteiger partial charge in [-0.15, -0.1) is 0 Å². The van der Waals surface area contributed by atoms with Crippen LogP contribution in [0.15, 0.2) is 0 Å². The first-order valence-corrected chi connectivity index (χ1v) is 8.45. The zero-order valence-electron chi connectivity index (χ0n) is 13.1. The van der Waals surface area contributed by atoms with E-state index in [4.69, 9.17) is 0 Å². The van der Waals surface area contributed by atoms with Crippen LogP contribution in [-0.4, -0.2) is 18.3 Å². The van der Waals surface area contributed by atoms with Crippen molar-refractivity contribution in [2.45, 2.75) is 83.5 Å². The van der Waals surface area contributed by atoms with Crippen LogP contribution in [0.2, 0.25) is 0 Å². The van der Waals surface area contributed by atoms with Crippen LogP contribution in [0.3, 0.4) is 0 Å². The van der Waals surface area contributed by atoms with E-state index >= 15 is 0 Å². The van der Waals surface area contributed by atoms with Crippen molar-refractivity contribution in [2.75, 3.05) is 0 Å². The lowest BCUT2D eigenvalue weighted by molar-refractivity contribution is -0.0664. The van der Waals surface area contributed by atoms with Gasteiger partial charge in [-0.2, -0.15) is 0 Å². The van der Waals surface area contributed by atoms with Gasteiger partial charge >= 0.3 is 0 Å². The third-order valence-corrected chi connectivity index (χ3v) is 5.67. The van der Waals surface area contributed by atoms with Gasteiger partial charge in [0.2, 0.25) is 0 Å². The average molecular weight is 308 g/mol. The fourth-order valence-electron chi connectivity index (χ4n) is 4.22. The molecule has 0 radical (unpaired) electrons. The van der Waals surface area contributed by atoms with Crippen molar-refractivity contribution in [3.63, 3.8) is 0 Å². The molecule has 0 amide bonds. The first-order chi connectivity index (χ1) is 9.79. The molecule has 0 saturated heterocycles. The maximum atomic E-state index is 14.3. The molecule has 2 rings (SSSR count). The van der Waals surface area contributed by atoms with E-state index in [1.54, 1.807) is 0 Å². The molecule has 0 nitrogen and oxygen atoms in total. The Morgan fingerprint density at radius 2 is 1.71 bits per heavy atom. The van der Waals surface area contributed by atoms with Crippen molar-refractivity contribution >= 4 is 0 Å². The van der Waals surface area contributed by atoms with Crippen LogP contribution in [0.4, 0.5) is 17.6 Å².